The largest absolute Gasteiger partial charge is 0.493 e. The van der Waals surface area contributed by atoms with Gasteiger partial charge in [-0.2, -0.15) is 0 Å². The quantitative estimate of drug-likeness (QED) is 0.267. The number of aliphatic imine (C=N–C) groups is 1. The molecule has 2 aliphatic rings. The molecule has 41 heavy (non-hydrogen) atoms. The molecule has 8 heteroatoms. The molecule has 1 unspecified atom stereocenters. The Kier molecular flexibility index (Phi) is 8.99. The van der Waals surface area contributed by atoms with E-state index in [4.69, 9.17) is 19.2 Å². The van der Waals surface area contributed by atoms with Crippen LogP contribution in [0.4, 0.5) is 11.4 Å². The van der Waals surface area contributed by atoms with E-state index in [0.717, 1.165) is 55.7 Å². The standard InChI is InChI=1S/C33H37N3O5/c1-4-41-33(38)24-15-18-36(19-16-24)17-14-22-10-12-25(13-11-22)34-31(23-8-6-5-7-9-23)30-26-20-28(39-2)29(40-3)21-27(26)35-32(30)37/h5-13,20-21,24,30H,4,14-19H2,1-3H3,(H,35,37). The van der Waals surface area contributed by atoms with Crippen LogP contribution in [0.5, 0.6) is 11.5 Å². The zero-order valence-electron chi connectivity index (χ0n) is 23.9. The fourth-order valence-electron chi connectivity index (χ4n) is 5.58. The monoisotopic (exact) mass is 555 g/mol. The highest BCUT2D eigenvalue weighted by atomic mass is 16.5. The number of benzene rings is 3. The predicted octanol–water partition coefficient (Wildman–Crippen LogP) is 5.38. The lowest BCUT2D eigenvalue weighted by Crippen LogP contribution is -2.38. The van der Waals surface area contributed by atoms with Crippen molar-refractivity contribution < 1.29 is 23.8 Å². The van der Waals surface area contributed by atoms with Crippen molar-refractivity contribution in [1.29, 1.82) is 0 Å². The number of methoxy groups -OCH3 is 2. The Labute approximate surface area is 241 Å². The second-order valence-corrected chi connectivity index (χ2v) is 10.4. The third kappa shape index (κ3) is 6.43. The SMILES string of the molecule is CCOC(=O)C1CCN(CCc2ccc(N=C(c3ccccc3)C3C(=O)Nc4cc(OC)c(OC)cc43)cc2)CC1. The maximum absolute atomic E-state index is 13.3. The number of fused-ring (bicyclic) bond motifs is 1. The molecule has 1 amide bonds. The molecule has 0 spiro atoms. The highest BCUT2D eigenvalue weighted by Crippen LogP contribution is 2.42. The number of anilines is 1. The molecule has 0 saturated carbocycles. The summed E-state index contributed by atoms with van der Waals surface area (Å²) in [6, 6.07) is 21.7. The van der Waals surface area contributed by atoms with Gasteiger partial charge in [0, 0.05) is 18.3 Å². The lowest BCUT2D eigenvalue weighted by molar-refractivity contribution is -0.149. The van der Waals surface area contributed by atoms with Gasteiger partial charge in [0.2, 0.25) is 5.91 Å². The van der Waals surface area contributed by atoms with Crippen LogP contribution < -0.4 is 14.8 Å². The number of amides is 1. The molecule has 0 bridgehead atoms. The Balaban J connectivity index is 1.33. The summed E-state index contributed by atoms with van der Waals surface area (Å²) in [4.78, 5) is 32.8. The molecule has 214 valence electrons. The number of rotatable bonds is 10. The first kappa shape index (κ1) is 28.4. The van der Waals surface area contributed by atoms with Crippen molar-refractivity contribution in [3.63, 3.8) is 0 Å². The van der Waals surface area contributed by atoms with Gasteiger partial charge in [-0.15, -0.1) is 0 Å². The third-order valence-electron chi connectivity index (χ3n) is 7.84. The fraction of sp³-hybridized carbons (Fsp3) is 0.364. The van der Waals surface area contributed by atoms with Crippen molar-refractivity contribution >= 4 is 29.0 Å². The molecule has 1 fully saturated rings. The summed E-state index contributed by atoms with van der Waals surface area (Å²) >= 11 is 0. The molecular weight excluding hydrogens is 518 g/mol. The summed E-state index contributed by atoms with van der Waals surface area (Å²) in [7, 11) is 3.16. The van der Waals surface area contributed by atoms with Crippen molar-refractivity contribution in [2.75, 3.05) is 45.8 Å². The third-order valence-corrected chi connectivity index (χ3v) is 7.84. The minimum Gasteiger partial charge on any atom is -0.493 e. The second-order valence-electron chi connectivity index (χ2n) is 10.4. The van der Waals surface area contributed by atoms with Gasteiger partial charge >= 0.3 is 5.97 Å². The molecule has 2 aliphatic heterocycles. The smallest absolute Gasteiger partial charge is 0.309 e. The topological polar surface area (TPSA) is 89.5 Å². The lowest BCUT2D eigenvalue weighted by Gasteiger charge is -2.30. The molecule has 3 aromatic carbocycles. The Morgan fingerprint density at radius 2 is 1.66 bits per heavy atom. The molecule has 5 rings (SSSR count). The minimum absolute atomic E-state index is 0.0270. The summed E-state index contributed by atoms with van der Waals surface area (Å²) in [5, 5.41) is 3.00. The Hall–Kier alpha value is -4.17. The molecule has 2 heterocycles. The van der Waals surface area contributed by atoms with Gasteiger partial charge in [-0.3, -0.25) is 14.6 Å². The summed E-state index contributed by atoms with van der Waals surface area (Å²) in [5.41, 5.74) is 5.06. The van der Waals surface area contributed by atoms with Crippen LogP contribution in [0.25, 0.3) is 0 Å². The number of esters is 1. The maximum Gasteiger partial charge on any atom is 0.309 e. The molecule has 1 saturated heterocycles. The molecule has 0 radical (unpaired) electrons. The first-order valence-electron chi connectivity index (χ1n) is 14.2. The van der Waals surface area contributed by atoms with E-state index in [0.29, 0.717) is 29.5 Å². The van der Waals surface area contributed by atoms with Crippen LogP contribution in [0.1, 0.15) is 42.4 Å². The van der Waals surface area contributed by atoms with Crippen molar-refractivity contribution in [3.8, 4) is 11.5 Å². The van der Waals surface area contributed by atoms with Gasteiger partial charge in [0.15, 0.2) is 11.5 Å². The number of ether oxygens (including phenoxy) is 3. The van der Waals surface area contributed by atoms with Gasteiger partial charge < -0.3 is 24.4 Å². The van der Waals surface area contributed by atoms with Gasteiger partial charge in [0.1, 0.15) is 5.92 Å². The number of carbonyl (C=O) groups is 2. The number of likely N-dealkylation sites (tertiary alicyclic amines) is 1. The Morgan fingerprint density at radius 3 is 2.32 bits per heavy atom. The predicted molar refractivity (Wildman–Crippen MR) is 159 cm³/mol. The molecular formula is C33H37N3O5. The molecule has 8 nitrogen and oxygen atoms in total. The van der Waals surface area contributed by atoms with Gasteiger partial charge in [-0.05, 0) is 74.2 Å². The first-order valence-corrected chi connectivity index (χ1v) is 14.2. The molecule has 3 aromatic rings. The summed E-state index contributed by atoms with van der Waals surface area (Å²) in [6.07, 6.45) is 2.62. The highest BCUT2D eigenvalue weighted by Gasteiger charge is 2.36. The Bertz CT molecular complexity index is 1400. The van der Waals surface area contributed by atoms with E-state index in [1.54, 1.807) is 20.3 Å². The van der Waals surface area contributed by atoms with Gasteiger partial charge in [-0.1, -0.05) is 42.5 Å². The van der Waals surface area contributed by atoms with Crippen molar-refractivity contribution in [2.45, 2.75) is 32.1 Å². The molecule has 0 aromatic heterocycles. The summed E-state index contributed by atoms with van der Waals surface area (Å²) in [5.74, 6) is 0.361. The number of nitrogens with zero attached hydrogens (tertiary/aromatic N) is 2. The zero-order valence-corrected chi connectivity index (χ0v) is 23.9. The first-order chi connectivity index (χ1) is 20.0. The Morgan fingerprint density at radius 1 is 0.976 bits per heavy atom. The van der Waals surface area contributed by atoms with E-state index in [2.05, 4.69) is 22.3 Å². The van der Waals surface area contributed by atoms with Gasteiger partial charge in [0.25, 0.3) is 0 Å². The summed E-state index contributed by atoms with van der Waals surface area (Å²) < 4.78 is 16.2. The van der Waals surface area contributed by atoms with E-state index in [-0.39, 0.29) is 17.8 Å². The molecule has 0 aliphatic carbocycles. The molecule has 1 atom stereocenters. The van der Waals surface area contributed by atoms with Crippen molar-refractivity contribution in [1.82, 2.24) is 4.90 Å². The van der Waals surface area contributed by atoms with E-state index in [1.807, 2.05) is 55.5 Å². The second kappa shape index (κ2) is 13.0. The molecule has 1 N–H and O–H groups in total. The lowest BCUT2D eigenvalue weighted by atomic mass is 9.90. The van der Waals surface area contributed by atoms with Gasteiger partial charge in [0.05, 0.1) is 38.1 Å². The van der Waals surface area contributed by atoms with Crippen LogP contribution in [0.2, 0.25) is 0 Å². The van der Waals surface area contributed by atoms with E-state index < -0.39 is 5.92 Å². The highest BCUT2D eigenvalue weighted by molar-refractivity contribution is 6.24. The fourth-order valence-corrected chi connectivity index (χ4v) is 5.58. The normalized spacial score (nSPS) is 17.6. The van der Waals surface area contributed by atoms with Gasteiger partial charge in [-0.25, -0.2) is 0 Å². The number of hydrogen-bond acceptors (Lipinski definition) is 7. The van der Waals surface area contributed by atoms with E-state index >= 15 is 0 Å². The number of nitrogens with one attached hydrogen (secondary N) is 1. The van der Waals surface area contributed by atoms with Crippen LogP contribution in [0.3, 0.4) is 0 Å². The van der Waals surface area contributed by atoms with Crippen LogP contribution >= 0.6 is 0 Å². The average Bonchev–Trinajstić information content (AvgIpc) is 3.33. The van der Waals surface area contributed by atoms with Crippen LogP contribution in [-0.4, -0.2) is 62.9 Å². The zero-order chi connectivity index (χ0) is 28.8. The summed E-state index contributed by atoms with van der Waals surface area (Å²) in [6.45, 7) is 5.06. The van der Waals surface area contributed by atoms with Crippen molar-refractivity contribution in [3.05, 3.63) is 83.4 Å². The van der Waals surface area contributed by atoms with Crippen LogP contribution in [0, 0.1) is 5.92 Å². The maximum atomic E-state index is 13.3. The van der Waals surface area contributed by atoms with E-state index in [9.17, 15) is 9.59 Å². The average molecular weight is 556 g/mol. The number of hydrogen-bond donors (Lipinski definition) is 1. The van der Waals surface area contributed by atoms with Crippen LogP contribution in [0.15, 0.2) is 71.7 Å². The number of carbonyl (C=O) groups excluding carboxylic acids is 2. The minimum atomic E-state index is -0.593. The van der Waals surface area contributed by atoms with Crippen LogP contribution in [-0.2, 0) is 20.7 Å². The van der Waals surface area contributed by atoms with Crippen molar-refractivity contribution in [2.24, 2.45) is 10.9 Å². The van der Waals surface area contributed by atoms with E-state index in [1.165, 1.54) is 5.56 Å². The number of piperidine rings is 1.